The van der Waals surface area contributed by atoms with Gasteiger partial charge in [0, 0.05) is 31.3 Å². The van der Waals surface area contributed by atoms with Crippen LogP contribution in [0.4, 0.5) is 5.69 Å². The Hall–Kier alpha value is -1.17. The molecular weight excluding hydrogens is 268 g/mol. The van der Waals surface area contributed by atoms with Crippen LogP contribution in [0.15, 0.2) is 18.2 Å². The molecule has 0 saturated carbocycles. The van der Waals surface area contributed by atoms with Crippen molar-refractivity contribution in [2.24, 2.45) is 5.92 Å². The van der Waals surface area contributed by atoms with E-state index in [0.29, 0.717) is 23.5 Å². The molecule has 0 amide bonds. The summed E-state index contributed by atoms with van der Waals surface area (Å²) in [5.41, 5.74) is 0.893. The molecule has 1 fully saturated rings. The fourth-order valence-electron chi connectivity index (χ4n) is 2.18. The molecule has 2 rings (SSSR count). The Labute approximate surface area is 117 Å². The van der Waals surface area contributed by atoms with Crippen LogP contribution in [0.1, 0.15) is 18.9 Å². The van der Waals surface area contributed by atoms with Gasteiger partial charge >= 0.3 is 0 Å². The van der Waals surface area contributed by atoms with Crippen molar-refractivity contribution in [3.63, 3.8) is 0 Å². The zero-order valence-corrected chi connectivity index (χ0v) is 11.5. The van der Waals surface area contributed by atoms with Crippen LogP contribution < -0.4 is 5.32 Å². The number of halogens is 1. The van der Waals surface area contributed by atoms with Gasteiger partial charge in [-0.25, -0.2) is 0 Å². The number of benzene rings is 1. The van der Waals surface area contributed by atoms with E-state index in [0.717, 1.165) is 25.2 Å². The molecule has 1 saturated heterocycles. The molecule has 0 spiro atoms. The van der Waals surface area contributed by atoms with Gasteiger partial charge in [-0.3, -0.25) is 10.1 Å². The lowest BCUT2D eigenvalue weighted by Crippen LogP contribution is -2.33. The second-order valence-corrected chi connectivity index (χ2v) is 5.23. The van der Waals surface area contributed by atoms with Crippen LogP contribution in [-0.4, -0.2) is 24.2 Å². The molecule has 5 nitrogen and oxygen atoms in total. The van der Waals surface area contributed by atoms with E-state index in [2.05, 4.69) is 12.2 Å². The second kappa shape index (κ2) is 6.32. The highest BCUT2D eigenvalue weighted by atomic mass is 35.5. The highest BCUT2D eigenvalue weighted by Crippen LogP contribution is 2.23. The van der Waals surface area contributed by atoms with Crippen molar-refractivity contribution in [1.29, 1.82) is 0 Å². The zero-order valence-electron chi connectivity index (χ0n) is 10.8. The molecule has 2 atom stereocenters. The molecule has 0 radical (unpaired) electrons. The summed E-state index contributed by atoms with van der Waals surface area (Å²) in [4.78, 5) is 10.2. The van der Waals surface area contributed by atoms with Gasteiger partial charge in [-0.15, -0.1) is 0 Å². The Morgan fingerprint density at radius 3 is 3.00 bits per heavy atom. The number of rotatable bonds is 5. The van der Waals surface area contributed by atoms with E-state index in [4.69, 9.17) is 16.3 Å². The third kappa shape index (κ3) is 3.65. The van der Waals surface area contributed by atoms with Crippen LogP contribution in [0.3, 0.4) is 0 Å². The van der Waals surface area contributed by atoms with Crippen LogP contribution in [0.5, 0.6) is 0 Å². The van der Waals surface area contributed by atoms with E-state index >= 15 is 0 Å². The highest BCUT2D eigenvalue weighted by Gasteiger charge is 2.22. The van der Waals surface area contributed by atoms with Crippen molar-refractivity contribution in [2.75, 3.05) is 13.2 Å². The van der Waals surface area contributed by atoms with Gasteiger partial charge in [0.15, 0.2) is 0 Å². The highest BCUT2D eigenvalue weighted by molar-refractivity contribution is 6.31. The minimum Gasteiger partial charge on any atom is -0.381 e. The van der Waals surface area contributed by atoms with E-state index < -0.39 is 4.92 Å². The average Bonchev–Trinajstić information content (AvgIpc) is 2.90. The van der Waals surface area contributed by atoms with Crippen LogP contribution in [0, 0.1) is 16.0 Å². The van der Waals surface area contributed by atoms with E-state index in [-0.39, 0.29) is 5.69 Å². The number of nitrogens with zero attached hydrogens (tertiary/aromatic N) is 1. The molecular formula is C13H17ClN2O3. The van der Waals surface area contributed by atoms with Crippen molar-refractivity contribution in [3.05, 3.63) is 38.9 Å². The summed E-state index contributed by atoms with van der Waals surface area (Å²) in [6, 6.07) is 4.91. The fourth-order valence-corrected chi connectivity index (χ4v) is 2.42. The maximum absolute atomic E-state index is 10.6. The first-order valence-electron chi connectivity index (χ1n) is 6.32. The second-order valence-electron chi connectivity index (χ2n) is 4.83. The maximum atomic E-state index is 10.6. The molecule has 0 aromatic heterocycles. The van der Waals surface area contributed by atoms with Crippen LogP contribution in [0.2, 0.25) is 5.02 Å². The van der Waals surface area contributed by atoms with E-state index in [1.807, 2.05) is 0 Å². The van der Waals surface area contributed by atoms with Gasteiger partial charge in [0.1, 0.15) is 0 Å². The van der Waals surface area contributed by atoms with Crippen LogP contribution in [0.25, 0.3) is 0 Å². The number of nitro benzene ring substituents is 1. The molecule has 1 heterocycles. The van der Waals surface area contributed by atoms with E-state index in [1.165, 1.54) is 12.1 Å². The first kappa shape index (κ1) is 14.2. The third-order valence-corrected chi connectivity index (χ3v) is 3.89. The Bertz CT molecular complexity index is 461. The summed E-state index contributed by atoms with van der Waals surface area (Å²) in [7, 11) is 0. The lowest BCUT2D eigenvalue weighted by molar-refractivity contribution is -0.384. The molecule has 19 heavy (non-hydrogen) atoms. The Morgan fingerprint density at radius 2 is 2.42 bits per heavy atom. The molecule has 0 bridgehead atoms. The molecule has 6 heteroatoms. The number of ether oxygens (including phenoxy) is 1. The lowest BCUT2D eigenvalue weighted by atomic mass is 10.0. The number of non-ortho nitro benzene ring substituents is 1. The number of nitrogens with one attached hydrogen (secondary N) is 1. The average molecular weight is 285 g/mol. The molecule has 1 aromatic carbocycles. The van der Waals surface area contributed by atoms with Gasteiger partial charge in [-0.2, -0.15) is 0 Å². The summed E-state index contributed by atoms with van der Waals surface area (Å²) in [5.74, 6) is 0.525. The maximum Gasteiger partial charge on any atom is 0.270 e. The summed E-state index contributed by atoms with van der Waals surface area (Å²) < 4.78 is 5.36. The SMILES string of the molecule is CC(NCc1ccc([N+](=O)[O-])cc1Cl)C1CCOC1. The van der Waals surface area contributed by atoms with Crippen molar-refractivity contribution in [1.82, 2.24) is 5.32 Å². The van der Waals surface area contributed by atoms with Crippen LogP contribution in [-0.2, 0) is 11.3 Å². The van der Waals surface area contributed by atoms with Crippen LogP contribution >= 0.6 is 11.6 Å². The van der Waals surface area contributed by atoms with E-state index in [1.54, 1.807) is 6.07 Å². The van der Waals surface area contributed by atoms with Gasteiger partial charge < -0.3 is 10.1 Å². The third-order valence-electron chi connectivity index (χ3n) is 3.53. The van der Waals surface area contributed by atoms with Crippen molar-refractivity contribution in [3.8, 4) is 0 Å². The molecule has 104 valence electrons. The number of nitro groups is 1. The first-order valence-corrected chi connectivity index (χ1v) is 6.69. The molecule has 1 N–H and O–H groups in total. The van der Waals surface area contributed by atoms with Gasteiger partial charge in [0.2, 0.25) is 0 Å². The Kier molecular flexibility index (Phi) is 4.74. The lowest BCUT2D eigenvalue weighted by Gasteiger charge is -2.19. The molecule has 2 unspecified atom stereocenters. The van der Waals surface area contributed by atoms with Gasteiger partial charge in [0.25, 0.3) is 5.69 Å². The molecule has 1 aliphatic heterocycles. The van der Waals surface area contributed by atoms with Crippen molar-refractivity contribution < 1.29 is 9.66 Å². The number of hydrogen-bond acceptors (Lipinski definition) is 4. The molecule has 1 aliphatic rings. The van der Waals surface area contributed by atoms with Gasteiger partial charge in [-0.05, 0) is 30.9 Å². The smallest absolute Gasteiger partial charge is 0.270 e. The van der Waals surface area contributed by atoms with Gasteiger partial charge in [0.05, 0.1) is 16.6 Å². The molecule has 0 aliphatic carbocycles. The van der Waals surface area contributed by atoms with E-state index in [9.17, 15) is 10.1 Å². The monoisotopic (exact) mass is 284 g/mol. The zero-order chi connectivity index (χ0) is 13.8. The first-order chi connectivity index (χ1) is 9.08. The standard InChI is InChI=1S/C13H17ClN2O3/c1-9(11-4-5-19-8-11)15-7-10-2-3-12(16(17)18)6-13(10)14/h2-3,6,9,11,15H,4-5,7-8H2,1H3. The quantitative estimate of drug-likeness (QED) is 0.667. The van der Waals surface area contributed by atoms with Crippen molar-refractivity contribution >= 4 is 17.3 Å². The Morgan fingerprint density at radius 1 is 1.63 bits per heavy atom. The van der Waals surface area contributed by atoms with Gasteiger partial charge in [-0.1, -0.05) is 11.6 Å². The Balaban J connectivity index is 1.93. The topological polar surface area (TPSA) is 64.4 Å². The fraction of sp³-hybridized carbons (Fsp3) is 0.538. The minimum absolute atomic E-state index is 0.0194. The summed E-state index contributed by atoms with van der Waals surface area (Å²) in [5, 5.41) is 14.4. The number of hydrogen-bond donors (Lipinski definition) is 1. The minimum atomic E-state index is -0.443. The summed E-state index contributed by atoms with van der Waals surface area (Å²) >= 11 is 6.05. The van der Waals surface area contributed by atoms with Crippen molar-refractivity contribution in [2.45, 2.75) is 25.9 Å². The summed E-state index contributed by atoms with van der Waals surface area (Å²) in [6.07, 6.45) is 1.07. The summed E-state index contributed by atoms with van der Waals surface area (Å²) in [6.45, 7) is 4.35. The predicted octanol–water partition coefficient (Wildman–Crippen LogP) is 2.76. The normalized spacial score (nSPS) is 20.4. The largest absolute Gasteiger partial charge is 0.381 e. The molecule has 1 aromatic rings. The predicted molar refractivity (Wildman–Crippen MR) is 73.3 cm³/mol.